The number of nitrogens with one attached hydrogen (secondary N) is 2. The molecule has 0 saturated carbocycles. The lowest BCUT2D eigenvalue weighted by atomic mass is 10.0. The number of primary amides is 1. The number of phenolic OH excluding ortho intramolecular Hbond substituents is 1. The molecule has 12 nitrogen and oxygen atoms in total. The molecule has 0 aromatic heterocycles. The van der Waals surface area contributed by atoms with Gasteiger partial charge in [-0.15, -0.1) is 0 Å². The Balaban J connectivity index is 2.25. The van der Waals surface area contributed by atoms with Crippen molar-refractivity contribution in [3.63, 3.8) is 0 Å². The average molecular weight is 524 g/mol. The number of aliphatic carboxylic acids is 1. The van der Waals surface area contributed by atoms with Crippen LogP contribution in [-0.2, 0) is 30.4 Å². The standard InChI is InChI=1S/C23H33N5O7S/c1-36-10-8-16(26-20(31)15(24)12-19(25)30)21(32)27-17(11-13-4-6-14(29)7-5-13)22(33)28-9-2-3-18(28)23(34)35/h4-7,15-18,29H,2-3,8-12,24H2,1H3,(H2,25,30)(H,26,31)(H,27,32)(H,34,35)/t15-,16-,17-,18-/m0/s1. The van der Waals surface area contributed by atoms with Crippen LogP contribution in [0.4, 0.5) is 0 Å². The molecule has 36 heavy (non-hydrogen) atoms. The number of benzene rings is 1. The Kier molecular flexibility index (Phi) is 11.0. The van der Waals surface area contributed by atoms with Crippen molar-refractivity contribution in [2.24, 2.45) is 11.5 Å². The van der Waals surface area contributed by atoms with E-state index in [0.29, 0.717) is 24.2 Å². The minimum atomic E-state index is -1.23. The first-order valence-corrected chi connectivity index (χ1v) is 12.9. The van der Waals surface area contributed by atoms with Crippen LogP contribution >= 0.6 is 11.8 Å². The van der Waals surface area contributed by atoms with E-state index in [9.17, 15) is 34.2 Å². The van der Waals surface area contributed by atoms with Gasteiger partial charge in [0, 0.05) is 13.0 Å². The van der Waals surface area contributed by atoms with Gasteiger partial charge in [-0.3, -0.25) is 19.2 Å². The van der Waals surface area contributed by atoms with Gasteiger partial charge in [0.1, 0.15) is 23.9 Å². The van der Waals surface area contributed by atoms with Crippen molar-refractivity contribution < 1.29 is 34.2 Å². The zero-order valence-electron chi connectivity index (χ0n) is 20.0. The Labute approximate surface area is 213 Å². The number of phenols is 1. The molecule has 0 radical (unpaired) electrons. The lowest BCUT2D eigenvalue weighted by Crippen LogP contribution is -2.58. The molecule has 1 aliphatic heterocycles. The summed E-state index contributed by atoms with van der Waals surface area (Å²) in [6.45, 7) is 0.242. The van der Waals surface area contributed by atoms with E-state index in [0.717, 1.165) is 0 Å². The van der Waals surface area contributed by atoms with Crippen LogP contribution in [-0.4, -0.2) is 87.4 Å². The molecule has 4 amide bonds. The normalized spacial score (nSPS) is 17.6. The average Bonchev–Trinajstić information content (AvgIpc) is 3.32. The molecule has 1 aliphatic rings. The zero-order chi connectivity index (χ0) is 26.8. The van der Waals surface area contributed by atoms with E-state index in [1.807, 2.05) is 6.26 Å². The van der Waals surface area contributed by atoms with Gasteiger partial charge in [-0.25, -0.2) is 4.79 Å². The van der Waals surface area contributed by atoms with Crippen LogP contribution in [0, 0.1) is 0 Å². The van der Waals surface area contributed by atoms with E-state index in [2.05, 4.69) is 10.6 Å². The number of carbonyl (C=O) groups excluding carboxylic acids is 4. The topological polar surface area (TPSA) is 205 Å². The number of aromatic hydroxyl groups is 1. The minimum Gasteiger partial charge on any atom is -0.508 e. The van der Waals surface area contributed by atoms with Crippen molar-refractivity contribution >= 4 is 41.4 Å². The Morgan fingerprint density at radius 1 is 1.11 bits per heavy atom. The first-order chi connectivity index (χ1) is 17.0. The Hall–Kier alpha value is -3.32. The third-order valence-corrected chi connectivity index (χ3v) is 6.46. The van der Waals surface area contributed by atoms with Gasteiger partial charge in [0.15, 0.2) is 0 Å². The molecule has 0 aliphatic carbocycles. The lowest BCUT2D eigenvalue weighted by Gasteiger charge is -2.29. The summed E-state index contributed by atoms with van der Waals surface area (Å²) < 4.78 is 0. The van der Waals surface area contributed by atoms with E-state index in [-0.39, 0.29) is 25.1 Å². The highest BCUT2D eigenvalue weighted by Crippen LogP contribution is 2.20. The molecular weight excluding hydrogens is 490 g/mol. The molecule has 1 heterocycles. The van der Waals surface area contributed by atoms with Crippen molar-refractivity contribution in [1.82, 2.24) is 15.5 Å². The van der Waals surface area contributed by atoms with Crippen molar-refractivity contribution in [3.05, 3.63) is 29.8 Å². The molecule has 4 atom stereocenters. The number of carboxylic acids is 1. The van der Waals surface area contributed by atoms with E-state index in [1.165, 1.54) is 28.8 Å². The number of hydrogen-bond donors (Lipinski definition) is 6. The Morgan fingerprint density at radius 3 is 2.33 bits per heavy atom. The van der Waals surface area contributed by atoms with Crippen LogP contribution < -0.4 is 22.1 Å². The highest BCUT2D eigenvalue weighted by molar-refractivity contribution is 7.98. The van der Waals surface area contributed by atoms with Gasteiger partial charge in [-0.2, -0.15) is 11.8 Å². The van der Waals surface area contributed by atoms with Gasteiger partial charge in [0.25, 0.3) is 0 Å². The van der Waals surface area contributed by atoms with Crippen molar-refractivity contribution in [3.8, 4) is 5.75 Å². The SMILES string of the molecule is CSCC[C@H](NC(=O)[C@@H](N)CC(N)=O)C(=O)N[C@@H](Cc1ccc(O)cc1)C(=O)N1CCC[C@H]1C(=O)O. The molecule has 2 rings (SSSR count). The van der Waals surface area contributed by atoms with Crippen molar-refractivity contribution in [2.45, 2.75) is 56.3 Å². The van der Waals surface area contributed by atoms with Crippen LogP contribution in [0.2, 0.25) is 0 Å². The summed E-state index contributed by atoms with van der Waals surface area (Å²) in [5.74, 6) is -3.28. The Morgan fingerprint density at radius 2 is 1.75 bits per heavy atom. The van der Waals surface area contributed by atoms with Crippen LogP contribution in [0.1, 0.15) is 31.2 Å². The summed E-state index contributed by atoms with van der Waals surface area (Å²) in [4.78, 5) is 63.0. The number of thioether (sulfide) groups is 1. The summed E-state index contributed by atoms with van der Waals surface area (Å²) in [7, 11) is 0. The maximum atomic E-state index is 13.4. The third-order valence-electron chi connectivity index (χ3n) is 5.81. The number of likely N-dealkylation sites (tertiary alicyclic amines) is 1. The fourth-order valence-electron chi connectivity index (χ4n) is 3.92. The van der Waals surface area contributed by atoms with Crippen LogP contribution in [0.25, 0.3) is 0 Å². The molecule has 0 spiro atoms. The number of nitrogens with two attached hydrogens (primary N) is 2. The van der Waals surface area contributed by atoms with Crippen molar-refractivity contribution in [1.29, 1.82) is 0 Å². The number of carboxylic acid groups (broad SMARTS) is 1. The summed E-state index contributed by atoms with van der Waals surface area (Å²) >= 11 is 1.45. The summed E-state index contributed by atoms with van der Waals surface area (Å²) in [5, 5.41) is 24.3. The summed E-state index contributed by atoms with van der Waals surface area (Å²) in [6.07, 6.45) is 2.53. The van der Waals surface area contributed by atoms with Crippen LogP contribution in [0.3, 0.4) is 0 Å². The highest BCUT2D eigenvalue weighted by atomic mass is 32.2. The third kappa shape index (κ3) is 8.41. The number of nitrogens with zero attached hydrogens (tertiary/aromatic N) is 1. The number of rotatable bonds is 13. The monoisotopic (exact) mass is 523 g/mol. The first-order valence-electron chi connectivity index (χ1n) is 11.5. The smallest absolute Gasteiger partial charge is 0.326 e. The molecule has 1 aromatic rings. The largest absolute Gasteiger partial charge is 0.508 e. The number of amides is 4. The van der Waals surface area contributed by atoms with Gasteiger partial charge < -0.3 is 37.2 Å². The Bertz CT molecular complexity index is 959. The highest BCUT2D eigenvalue weighted by Gasteiger charge is 2.38. The van der Waals surface area contributed by atoms with E-state index >= 15 is 0 Å². The van der Waals surface area contributed by atoms with Crippen molar-refractivity contribution in [2.75, 3.05) is 18.6 Å². The second-order valence-electron chi connectivity index (χ2n) is 8.58. The molecule has 198 valence electrons. The zero-order valence-corrected chi connectivity index (χ0v) is 20.8. The molecule has 1 saturated heterocycles. The molecule has 0 bridgehead atoms. The van der Waals surface area contributed by atoms with Gasteiger partial charge in [-0.1, -0.05) is 12.1 Å². The molecular formula is C23H33N5O7S. The predicted octanol–water partition coefficient (Wildman–Crippen LogP) is -1.06. The van der Waals surface area contributed by atoms with Gasteiger partial charge >= 0.3 is 5.97 Å². The maximum Gasteiger partial charge on any atom is 0.326 e. The second-order valence-corrected chi connectivity index (χ2v) is 9.56. The second kappa shape index (κ2) is 13.7. The van der Waals surface area contributed by atoms with Crippen LogP contribution in [0.15, 0.2) is 24.3 Å². The van der Waals surface area contributed by atoms with Gasteiger partial charge in [-0.05, 0) is 49.0 Å². The van der Waals surface area contributed by atoms with E-state index < -0.39 is 60.2 Å². The summed E-state index contributed by atoms with van der Waals surface area (Å²) in [6, 6.07) is 1.68. The molecule has 0 unspecified atom stereocenters. The van der Waals surface area contributed by atoms with Gasteiger partial charge in [0.05, 0.1) is 12.5 Å². The fourth-order valence-corrected chi connectivity index (χ4v) is 4.39. The fraction of sp³-hybridized carbons (Fsp3) is 0.522. The number of carbonyl (C=O) groups is 5. The van der Waals surface area contributed by atoms with Gasteiger partial charge in [0.2, 0.25) is 23.6 Å². The quantitative estimate of drug-likeness (QED) is 0.186. The molecule has 1 fully saturated rings. The molecule has 1 aromatic carbocycles. The molecule has 13 heteroatoms. The molecule has 8 N–H and O–H groups in total. The summed E-state index contributed by atoms with van der Waals surface area (Å²) in [5.41, 5.74) is 11.4. The maximum absolute atomic E-state index is 13.4. The first kappa shape index (κ1) is 28.9. The number of hydrogen-bond acceptors (Lipinski definition) is 8. The lowest BCUT2D eigenvalue weighted by molar-refractivity contribution is -0.149. The predicted molar refractivity (Wildman–Crippen MR) is 133 cm³/mol. The van der Waals surface area contributed by atoms with Crippen LogP contribution in [0.5, 0.6) is 5.75 Å². The van der Waals surface area contributed by atoms with E-state index in [4.69, 9.17) is 11.5 Å². The minimum absolute atomic E-state index is 0.0308. The van der Waals surface area contributed by atoms with E-state index in [1.54, 1.807) is 12.1 Å².